The Bertz CT molecular complexity index is 1000. The number of carbonyl (C=O) groups excluding carboxylic acids is 2. The Morgan fingerprint density at radius 3 is 2.36 bits per heavy atom. The van der Waals surface area contributed by atoms with Crippen LogP contribution in [0, 0.1) is 0 Å². The third-order valence-corrected chi connectivity index (χ3v) is 6.18. The number of rotatable bonds is 4. The number of anilines is 2. The topological polar surface area (TPSA) is 96.0 Å². The number of carbonyl (C=O) groups is 2. The van der Waals surface area contributed by atoms with E-state index in [2.05, 4.69) is 5.32 Å². The first-order chi connectivity index (χ1) is 13.2. The number of ether oxygens (including phenoxy) is 1. The van der Waals surface area contributed by atoms with Crippen LogP contribution < -0.4 is 15.0 Å². The average Bonchev–Trinajstić information content (AvgIpc) is 2.67. The van der Waals surface area contributed by atoms with Crippen molar-refractivity contribution in [2.45, 2.75) is 17.9 Å². The maximum atomic E-state index is 12.6. The first kappa shape index (κ1) is 19.8. The summed E-state index contributed by atoms with van der Waals surface area (Å²) in [6, 6.07) is 12.9. The number of sulfonamides is 1. The Labute approximate surface area is 163 Å². The molecular weight excluding hydrogens is 382 g/mol. The van der Waals surface area contributed by atoms with E-state index in [0.717, 1.165) is 4.31 Å². The molecule has 8 nitrogen and oxygen atoms in total. The van der Waals surface area contributed by atoms with E-state index < -0.39 is 22.0 Å². The van der Waals surface area contributed by atoms with Crippen molar-refractivity contribution >= 4 is 33.2 Å². The van der Waals surface area contributed by atoms with Gasteiger partial charge in [-0.3, -0.25) is 9.59 Å². The molecule has 0 aliphatic carbocycles. The van der Waals surface area contributed by atoms with E-state index >= 15 is 0 Å². The summed E-state index contributed by atoms with van der Waals surface area (Å²) in [5.74, 6) is -0.160. The Balaban J connectivity index is 1.76. The van der Waals surface area contributed by atoms with Crippen LogP contribution in [0.25, 0.3) is 0 Å². The third kappa shape index (κ3) is 3.85. The van der Waals surface area contributed by atoms with Crippen molar-refractivity contribution < 1.29 is 22.7 Å². The van der Waals surface area contributed by atoms with E-state index in [1.807, 2.05) is 0 Å². The molecule has 1 aliphatic rings. The SMILES string of the molecule is CC(=O)N1C[C@H](C(=O)Nc2ccc(S(=O)(=O)N(C)C)cc2)Oc2ccccc21. The van der Waals surface area contributed by atoms with Crippen molar-refractivity contribution in [1.29, 1.82) is 0 Å². The molecule has 1 atom stereocenters. The summed E-state index contributed by atoms with van der Waals surface area (Å²) in [6.45, 7) is 1.52. The van der Waals surface area contributed by atoms with E-state index in [1.165, 1.54) is 50.2 Å². The molecule has 9 heteroatoms. The number of amides is 2. The van der Waals surface area contributed by atoms with E-state index in [9.17, 15) is 18.0 Å². The molecular formula is C19H21N3O5S. The lowest BCUT2D eigenvalue weighted by Gasteiger charge is -2.33. The van der Waals surface area contributed by atoms with Crippen LogP contribution in [0.3, 0.4) is 0 Å². The van der Waals surface area contributed by atoms with Crippen LogP contribution >= 0.6 is 0 Å². The zero-order valence-electron chi connectivity index (χ0n) is 15.7. The first-order valence-electron chi connectivity index (χ1n) is 8.57. The minimum Gasteiger partial charge on any atom is -0.476 e. The second-order valence-electron chi connectivity index (χ2n) is 6.50. The maximum Gasteiger partial charge on any atom is 0.267 e. The second kappa shape index (κ2) is 7.61. The van der Waals surface area contributed by atoms with Crippen LogP contribution in [0.2, 0.25) is 0 Å². The van der Waals surface area contributed by atoms with Gasteiger partial charge in [0.05, 0.1) is 17.1 Å². The van der Waals surface area contributed by atoms with Gasteiger partial charge in [-0.25, -0.2) is 12.7 Å². The van der Waals surface area contributed by atoms with Crippen molar-refractivity contribution in [3.8, 4) is 5.75 Å². The van der Waals surface area contributed by atoms with Crippen LogP contribution in [-0.2, 0) is 19.6 Å². The van der Waals surface area contributed by atoms with Crippen LogP contribution in [0.1, 0.15) is 6.92 Å². The minimum absolute atomic E-state index is 0.0886. The van der Waals surface area contributed by atoms with Gasteiger partial charge >= 0.3 is 0 Å². The predicted octanol–water partition coefficient (Wildman–Crippen LogP) is 1.69. The van der Waals surface area contributed by atoms with E-state index in [4.69, 9.17) is 4.74 Å². The van der Waals surface area contributed by atoms with Gasteiger partial charge in [0.2, 0.25) is 15.9 Å². The standard InChI is InChI=1S/C19H21N3O5S/c1-13(23)22-12-18(27-17-7-5-4-6-16(17)22)19(24)20-14-8-10-15(11-9-14)28(25,26)21(2)3/h4-11,18H,12H2,1-3H3,(H,20,24)/t18-/m1/s1. The highest BCUT2D eigenvalue weighted by Gasteiger charge is 2.32. The molecule has 148 valence electrons. The van der Waals surface area contributed by atoms with Gasteiger partial charge in [-0.1, -0.05) is 12.1 Å². The number of benzene rings is 2. The molecule has 0 bridgehead atoms. The molecule has 0 spiro atoms. The normalized spacial score (nSPS) is 16.3. The van der Waals surface area contributed by atoms with Crippen molar-refractivity contribution in [2.24, 2.45) is 0 Å². The zero-order valence-corrected chi connectivity index (χ0v) is 16.6. The number of hydrogen-bond donors (Lipinski definition) is 1. The Morgan fingerprint density at radius 2 is 1.75 bits per heavy atom. The molecule has 2 aromatic carbocycles. The summed E-state index contributed by atoms with van der Waals surface area (Å²) in [5.41, 5.74) is 1.05. The number of nitrogens with zero attached hydrogens (tertiary/aromatic N) is 2. The van der Waals surface area contributed by atoms with Gasteiger partial charge in [0.15, 0.2) is 6.10 Å². The molecule has 2 amide bonds. The number of para-hydroxylation sites is 2. The quantitative estimate of drug-likeness (QED) is 0.838. The van der Waals surface area contributed by atoms with Crippen molar-refractivity contribution in [3.63, 3.8) is 0 Å². The van der Waals surface area contributed by atoms with Crippen molar-refractivity contribution in [2.75, 3.05) is 30.9 Å². The molecule has 1 heterocycles. The van der Waals surface area contributed by atoms with Crippen molar-refractivity contribution in [3.05, 3.63) is 48.5 Å². The Morgan fingerprint density at radius 1 is 1.11 bits per heavy atom. The molecule has 0 radical (unpaired) electrons. The highest BCUT2D eigenvalue weighted by atomic mass is 32.2. The van der Waals surface area contributed by atoms with Gasteiger partial charge in [-0.15, -0.1) is 0 Å². The minimum atomic E-state index is -3.54. The highest BCUT2D eigenvalue weighted by molar-refractivity contribution is 7.89. The molecule has 0 unspecified atom stereocenters. The maximum absolute atomic E-state index is 12.6. The molecule has 28 heavy (non-hydrogen) atoms. The summed E-state index contributed by atoms with van der Waals surface area (Å²) >= 11 is 0. The Kier molecular flexibility index (Phi) is 5.39. The number of nitrogens with one attached hydrogen (secondary N) is 1. The molecule has 3 rings (SSSR count). The first-order valence-corrected chi connectivity index (χ1v) is 10.0. The largest absolute Gasteiger partial charge is 0.476 e. The summed E-state index contributed by atoms with van der Waals surface area (Å²) < 4.78 is 31.1. The van der Waals surface area contributed by atoms with Crippen LogP contribution in [0.4, 0.5) is 11.4 Å². The van der Waals surface area contributed by atoms with Gasteiger partial charge < -0.3 is 15.0 Å². The van der Waals surface area contributed by atoms with Gasteiger partial charge in [-0.05, 0) is 36.4 Å². The monoisotopic (exact) mass is 403 g/mol. The molecule has 1 aliphatic heterocycles. The molecule has 0 saturated heterocycles. The predicted molar refractivity (Wildman–Crippen MR) is 105 cm³/mol. The summed E-state index contributed by atoms with van der Waals surface area (Å²) in [7, 11) is -0.644. The smallest absolute Gasteiger partial charge is 0.267 e. The Hall–Kier alpha value is -2.91. The van der Waals surface area contributed by atoms with E-state index in [-0.39, 0.29) is 17.3 Å². The highest BCUT2D eigenvalue weighted by Crippen LogP contribution is 2.33. The molecule has 1 N–H and O–H groups in total. The zero-order chi connectivity index (χ0) is 20.5. The average molecular weight is 403 g/mol. The lowest BCUT2D eigenvalue weighted by Crippen LogP contribution is -2.48. The van der Waals surface area contributed by atoms with E-state index in [1.54, 1.807) is 24.3 Å². The fourth-order valence-corrected chi connectivity index (χ4v) is 3.71. The summed E-state index contributed by atoms with van der Waals surface area (Å²) in [6.07, 6.45) is -0.885. The van der Waals surface area contributed by atoms with Gasteiger partial charge in [0.25, 0.3) is 5.91 Å². The molecule has 0 aromatic heterocycles. The van der Waals surface area contributed by atoms with Crippen LogP contribution in [-0.4, -0.2) is 51.3 Å². The van der Waals surface area contributed by atoms with E-state index in [0.29, 0.717) is 17.1 Å². The van der Waals surface area contributed by atoms with Crippen LogP contribution in [0.5, 0.6) is 5.75 Å². The summed E-state index contributed by atoms with van der Waals surface area (Å²) in [4.78, 5) is 26.2. The lowest BCUT2D eigenvalue weighted by atomic mass is 10.1. The molecule has 0 fully saturated rings. The van der Waals surface area contributed by atoms with Crippen LogP contribution in [0.15, 0.2) is 53.4 Å². The third-order valence-electron chi connectivity index (χ3n) is 4.35. The second-order valence-corrected chi connectivity index (χ2v) is 8.66. The van der Waals surface area contributed by atoms with Gasteiger partial charge in [-0.2, -0.15) is 0 Å². The number of hydrogen-bond acceptors (Lipinski definition) is 5. The van der Waals surface area contributed by atoms with Gasteiger partial charge in [0, 0.05) is 26.7 Å². The summed E-state index contributed by atoms with van der Waals surface area (Å²) in [5, 5.41) is 2.70. The number of fused-ring (bicyclic) bond motifs is 1. The fourth-order valence-electron chi connectivity index (χ4n) is 2.81. The van der Waals surface area contributed by atoms with Gasteiger partial charge in [0.1, 0.15) is 5.75 Å². The lowest BCUT2D eigenvalue weighted by molar-refractivity contribution is -0.123. The fraction of sp³-hybridized carbons (Fsp3) is 0.263. The molecule has 0 saturated carbocycles. The van der Waals surface area contributed by atoms with Crippen molar-refractivity contribution in [1.82, 2.24) is 4.31 Å². The molecule has 2 aromatic rings.